The van der Waals surface area contributed by atoms with Crippen LogP contribution in [0.4, 0.5) is 5.82 Å². The van der Waals surface area contributed by atoms with Gasteiger partial charge < -0.3 is 5.73 Å². The number of allylic oxidation sites excluding steroid dienone is 2. The van der Waals surface area contributed by atoms with Crippen LogP contribution in [0.3, 0.4) is 0 Å². The lowest BCUT2D eigenvalue weighted by Gasteiger charge is -2.13. The number of hydrogen-bond acceptors (Lipinski definition) is 3. The molecular formula is C13H16N2O. The molecule has 0 spiro atoms. The number of Topliss-reactive ketones (excluding diaryl/α,β-unsaturated/α-hetero) is 1. The summed E-state index contributed by atoms with van der Waals surface area (Å²) in [6.45, 7) is 1.90. The molecule has 1 heterocycles. The predicted molar refractivity (Wildman–Crippen MR) is 64.3 cm³/mol. The van der Waals surface area contributed by atoms with Gasteiger partial charge in [-0.15, -0.1) is 0 Å². The Morgan fingerprint density at radius 1 is 1.44 bits per heavy atom. The lowest BCUT2D eigenvalue weighted by Crippen LogP contribution is -2.11. The Bertz CT molecular complexity index is 429. The number of pyridine rings is 1. The van der Waals surface area contributed by atoms with Gasteiger partial charge in [-0.05, 0) is 49.8 Å². The van der Waals surface area contributed by atoms with Crippen LogP contribution >= 0.6 is 0 Å². The van der Waals surface area contributed by atoms with Crippen LogP contribution in [0.1, 0.15) is 41.6 Å². The first-order valence-electron chi connectivity index (χ1n) is 5.65. The van der Waals surface area contributed by atoms with E-state index in [1.165, 1.54) is 6.42 Å². The molecule has 1 aromatic heterocycles. The fourth-order valence-electron chi connectivity index (χ4n) is 2.08. The number of hydrogen-bond donors (Lipinski definition) is 1. The van der Waals surface area contributed by atoms with Gasteiger partial charge >= 0.3 is 0 Å². The van der Waals surface area contributed by atoms with Gasteiger partial charge in [0.15, 0.2) is 5.78 Å². The molecule has 0 bridgehead atoms. The summed E-state index contributed by atoms with van der Waals surface area (Å²) in [5, 5.41) is 0. The molecule has 0 fully saturated rings. The molecule has 1 aromatic rings. The van der Waals surface area contributed by atoms with Crippen molar-refractivity contribution in [1.29, 1.82) is 0 Å². The van der Waals surface area contributed by atoms with Crippen molar-refractivity contribution < 1.29 is 4.79 Å². The van der Waals surface area contributed by atoms with E-state index in [1.54, 1.807) is 6.20 Å². The summed E-state index contributed by atoms with van der Waals surface area (Å²) < 4.78 is 0. The Morgan fingerprint density at radius 3 is 2.88 bits per heavy atom. The second-order valence-electron chi connectivity index (χ2n) is 4.19. The van der Waals surface area contributed by atoms with Gasteiger partial charge in [-0.25, -0.2) is 4.98 Å². The summed E-state index contributed by atoms with van der Waals surface area (Å²) >= 11 is 0. The van der Waals surface area contributed by atoms with E-state index in [-0.39, 0.29) is 5.78 Å². The van der Waals surface area contributed by atoms with Crippen LogP contribution in [0.5, 0.6) is 0 Å². The summed E-state index contributed by atoms with van der Waals surface area (Å²) in [5.74, 6) is 0.402. The normalized spacial score (nSPS) is 15.7. The van der Waals surface area contributed by atoms with Crippen molar-refractivity contribution in [3.05, 3.63) is 35.0 Å². The maximum Gasteiger partial charge on any atom is 0.192 e. The molecule has 2 N–H and O–H groups in total. The van der Waals surface area contributed by atoms with Crippen molar-refractivity contribution in [3.8, 4) is 0 Å². The van der Waals surface area contributed by atoms with Crippen molar-refractivity contribution in [2.24, 2.45) is 0 Å². The summed E-state index contributed by atoms with van der Waals surface area (Å²) in [6, 6.07) is 1.83. The summed E-state index contributed by atoms with van der Waals surface area (Å²) in [5.41, 5.74) is 8.15. The molecule has 0 saturated carbocycles. The third-order valence-corrected chi connectivity index (χ3v) is 3.00. The minimum absolute atomic E-state index is 0.0581. The third kappa shape index (κ3) is 1.98. The largest absolute Gasteiger partial charge is 0.383 e. The van der Waals surface area contributed by atoms with Gasteiger partial charge in [-0.1, -0.05) is 6.08 Å². The fourth-order valence-corrected chi connectivity index (χ4v) is 2.08. The van der Waals surface area contributed by atoms with Gasteiger partial charge in [0.25, 0.3) is 0 Å². The van der Waals surface area contributed by atoms with E-state index in [0.717, 1.165) is 30.4 Å². The van der Waals surface area contributed by atoms with Crippen LogP contribution in [-0.4, -0.2) is 10.8 Å². The molecule has 0 unspecified atom stereocenters. The van der Waals surface area contributed by atoms with Gasteiger partial charge in [-0.3, -0.25) is 4.79 Å². The van der Waals surface area contributed by atoms with Gasteiger partial charge in [0, 0.05) is 6.20 Å². The van der Waals surface area contributed by atoms with E-state index < -0.39 is 0 Å². The number of carbonyl (C=O) groups excluding carboxylic acids is 1. The molecule has 1 aliphatic rings. The number of anilines is 1. The van der Waals surface area contributed by atoms with Crippen molar-refractivity contribution in [2.45, 2.75) is 32.6 Å². The molecule has 3 nitrogen and oxygen atoms in total. The van der Waals surface area contributed by atoms with Gasteiger partial charge in [0.1, 0.15) is 5.82 Å². The Morgan fingerprint density at radius 2 is 2.25 bits per heavy atom. The lowest BCUT2D eigenvalue weighted by atomic mass is 9.92. The minimum Gasteiger partial charge on any atom is -0.383 e. The topological polar surface area (TPSA) is 56.0 Å². The van der Waals surface area contributed by atoms with E-state index in [9.17, 15) is 4.79 Å². The molecule has 0 amide bonds. The van der Waals surface area contributed by atoms with E-state index in [0.29, 0.717) is 11.4 Å². The summed E-state index contributed by atoms with van der Waals surface area (Å²) in [6.07, 6.45) is 7.82. The Kier molecular flexibility index (Phi) is 3.04. The van der Waals surface area contributed by atoms with Crippen molar-refractivity contribution >= 4 is 11.6 Å². The first-order valence-corrected chi connectivity index (χ1v) is 5.65. The molecule has 1 aliphatic carbocycles. The van der Waals surface area contributed by atoms with Crippen molar-refractivity contribution in [2.75, 3.05) is 5.73 Å². The zero-order chi connectivity index (χ0) is 11.5. The zero-order valence-electron chi connectivity index (χ0n) is 9.49. The number of nitrogen functional groups attached to an aromatic ring is 1. The molecule has 3 heteroatoms. The van der Waals surface area contributed by atoms with Gasteiger partial charge in [0.05, 0.1) is 5.56 Å². The van der Waals surface area contributed by atoms with E-state index >= 15 is 0 Å². The quantitative estimate of drug-likeness (QED) is 0.773. The smallest absolute Gasteiger partial charge is 0.192 e. The Labute approximate surface area is 95.4 Å². The Hall–Kier alpha value is -1.64. The molecule has 16 heavy (non-hydrogen) atoms. The highest BCUT2D eigenvalue weighted by Crippen LogP contribution is 2.24. The second kappa shape index (κ2) is 4.47. The van der Waals surface area contributed by atoms with Crippen LogP contribution in [0.25, 0.3) is 0 Å². The maximum atomic E-state index is 12.3. The van der Waals surface area contributed by atoms with Crippen LogP contribution < -0.4 is 5.73 Å². The number of aromatic nitrogens is 1. The number of aryl methyl sites for hydroxylation is 1. The molecule has 0 aliphatic heterocycles. The Balaban J connectivity index is 2.37. The first kappa shape index (κ1) is 10.9. The fraction of sp³-hybridized carbons (Fsp3) is 0.385. The number of nitrogens with zero attached hydrogens (tertiary/aromatic N) is 1. The monoisotopic (exact) mass is 216 g/mol. The number of rotatable bonds is 2. The molecule has 84 valence electrons. The van der Waals surface area contributed by atoms with Crippen LogP contribution in [0, 0.1) is 6.92 Å². The van der Waals surface area contributed by atoms with Crippen molar-refractivity contribution in [3.63, 3.8) is 0 Å². The average Bonchev–Trinajstić information content (AvgIpc) is 2.30. The van der Waals surface area contributed by atoms with Crippen LogP contribution in [0.15, 0.2) is 23.9 Å². The average molecular weight is 216 g/mol. The highest BCUT2D eigenvalue weighted by Gasteiger charge is 2.19. The molecule has 0 atom stereocenters. The first-order chi connectivity index (χ1) is 7.70. The van der Waals surface area contributed by atoms with Gasteiger partial charge in [0.2, 0.25) is 0 Å². The molecule has 0 aromatic carbocycles. The highest BCUT2D eigenvalue weighted by molar-refractivity contribution is 6.12. The number of nitrogens with two attached hydrogens (primary N) is 1. The van der Waals surface area contributed by atoms with Crippen molar-refractivity contribution in [1.82, 2.24) is 4.98 Å². The van der Waals surface area contributed by atoms with E-state index in [2.05, 4.69) is 4.98 Å². The molecule has 0 saturated heterocycles. The standard InChI is InChI=1S/C13H16N2O/c1-9-7-8-15-13(14)11(9)12(16)10-5-3-2-4-6-10/h5,7-8H,2-4,6H2,1H3,(H2,14,15). The molecular weight excluding hydrogens is 200 g/mol. The van der Waals surface area contributed by atoms with Crippen LogP contribution in [-0.2, 0) is 0 Å². The SMILES string of the molecule is Cc1ccnc(N)c1C(=O)C1=CCCCC1. The second-order valence-corrected chi connectivity index (χ2v) is 4.19. The summed E-state index contributed by atoms with van der Waals surface area (Å²) in [4.78, 5) is 16.2. The van der Waals surface area contributed by atoms with Gasteiger partial charge in [-0.2, -0.15) is 0 Å². The lowest BCUT2D eigenvalue weighted by molar-refractivity contribution is 0.102. The summed E-state index contributed by atoms with van der Waals surface area (Å²) in [7, 11) is 0. The van der Waals surface area contributed by atoms with E-state index in [4.69, 9.17) is 5.73 Å². The molecule has 2 rings (SSSR count). The third-order valence-electron chi connectivity index (χ3n) is 3.00. The number of carbonyl (C=O) groups is 1. The van der Waals surface area contributed by atoms with E-state index in [1.807, 2.05) is 19.1 Å². The number of ketones is 1. The molecule has 0 radical (unpaired) electrons. The maximum absolute atomic E-state index is 12.3. The predicted octanol–water partition coefficient (Wildman–Crippen LogP) is 2.66. The zero-order valence-corrected chi connectivity index (χ0v) is 9.49. The highest BCUT2D eigenvalue weighted by atomic mass is 16.1. The van der Waals surface area contributed by atoms with Crippen LogP contribution in [0.2, 0.25) is 0 Å². The minimum atomic E-state index is 0.0581.